The Morgan fingerprint density at radius 2 is 1.83 bits per heavy atom. The molecule has 4 nitrogen and oxygen atoms in total. The Morgan fingerprint density at radius 1 is 1.17 bits per heavy atom. The molecule has 4 heteroatoms. The van der Waals surface area contributed by atoms with Crippen molar-refractivity contribution < 1.29 is 0 Å². The van der Waals surface area contributed by atoms with E-state index in [-0.39, 0.29) is 6.04 Å². The van der Waals surface area contributed by atoms with Crippen molar-refractivity contribution in [3.05, 3.63) is 29.8 Å². The number of anilines is 1. The summed E-state index contributed by atoms with van der Waals surface area (Å²) in [4.78, 5) is 7.07. The second-order valence-corrected chi connectivity index (χ2v) is 6.33. The maximum Gasteiger partial charge on any atom is 0.123 e. The molecule has 1 aromatic rings. The van der Waals surface area contributed by atoms with Crippen molar-refractivity contribution in [1.82, 2.24) is 9.80 Å². The number of hydrogen-bond donors (Lipinski definition) is 0. The van der Waals surface area contributed by atoms with Crippen LogP contribution in [0.1, 0.15) is 38.8 Å². The number of nitrogens with zero attached hydrogens (tertiary/aromatic N) is 4. The fourth-order valence-corrected chi connectivity index (χ4v) is 3.47. The highest BCUT2D eigenvalue weighted by molar-refractivity contribution is 5.48. The highest BCUT2D eigenvalue weighted by Gasteiger charge is 2.28. The Morgan fingerprint density at radius 3 is 2.35 bits per heavy atom. The third-order valence-electron chi connectivity index (χ3n) is 5.10. The molecule has 0 amide bonds. The van der Waals surface area contributed by atoms with E-state index in [2.05, 4.69) is 72.9 Å². The molecule has 2 unspecified atom stereocenters. The minimum atomic E-state index is -0.136. The maximum absolute atomic E-state index is 9.71. The van der Waals surface area contributed by atoms with Gasteiger partial charge >= 0.3 is 0 Å². The fourth-order valence-electron chi connectivity index (χ4n) is 3.47. The molecule has 2 rings (SSSR count). The summed E-state index contributed by atoms with van der Waals surface area (Å²) in [5.41, 5.74) is 2.35. The van der Waals surface area contributed by atoms with Gasteiger partial charge in [-0.2, -0.15) is 5.26 Å². The van der Waals surface area contributed by atoms with E-state index in [1.165, 1.54) is 5.69 Å². The quantitative estimate of drug-likeness (QED) is 0.808. The van der Waals surface area contributed by atoms with Gasteiger partial charge in [0.15, 0.2) is 0 Å². The van der Waals surface area contributed by atoms with E-state index < -0.39 is 0 Å². The van der Waals surface area contributed by atoms with Crippen molar-refractivity contribution in [2.75, 3.05) is 44.7 Å². The van der Waals surface area contributed by atoms with Gasteiger partial charge in [-0.3, -0.25) is 4.90 Å². The van der Waals surface area contributed by atoms with Crippen molar-refractivity contribution in [3.8, 4) is 6.07 Å². The van der Waals surface area contributed by atoms with Crippen LogP contribution in [0.5, 0.6) is 0 Å². The Bertz CT molecular complexity index is 515. The Kier molecular flexibility index (Phi) is 6.44. The topological polar surface area (TPSA) is 33.5 Å². The summed E-state index contributed by atoms with van der Waals surface area (Å²) in [5.74, 6) is 0. The molecule has 0 N–H and O–H groups in total. The lowest BCUT2D eigenvalue weighted by Crippen LogP contribution is -2.51. The van der Waals surface area contributed by atoms with Crippen molar-refractivity contribution in [2.45, 2.75) is 39.3 Å². The second kappa shape index (κ2) is 8.33. The monoisotopic (exact) mass is 314 g/mol. The van der Waals surface area contributed by atoms with E-state index in [1.54, 1.807) is 0 Å². The van der Waals surface area contributed by atoms with Gasteiger partial charge in [-0.25, -0.2) is 0 Å². The first-order chi connectivity index (χ1) is 11.1. The van der Waals surface area contributed by atoms with Crippen LogP contribution in [0.2, 0.25) is 0 Å². The predicted octanol–water partition coefficient (Wildman–Crippen LogP) is 3.12. The summed E-state index contributed by atoms with van der Waals surface area (Å²) in [6, 6.07) is 11.5. The first kappa shape index (κ1) is 17.8. The van der Waals surface area contributed by atoms with Gasteiger partial charge in [0, 0.05) is 44.5 Å². The average molecular weight is 314 g/mol. The van der Waals surface area contributed by atoms with Gasteiger partial charge in [0.25, 0.3) is 0 Å². The summed E-state index contributed by atoms with van der Waals surface area (Å²) in [5, 5.41) is 9.71. The van der Waals surface area contributed by atoms with Crippen molar-refractivity contribution in [1.29, 1.82) is 5.26 Å². The van der Waals surface area contributed by atoms with Gasteiger partial charge in [-0.1, -0.05) is 19.1 Å². The van der Waals surface area contributed by atoms with Crippen LogP contribution in [0.25, 0.3) is 0 Å². The third kappa shape index (κ3) is 4.04. The smallest absolute Gasteiger partial charge is 0.123 e. The average Bonchev–Trinajstić information content (AvgIpc) is 2.59. The van der Waals surface area contributed by atoms with E-state index in [9.17, 15) is 5.26 Å². The van der Waals surface area contributed by atoms with Gasteiger partial charge in [0.2, 0.25) is 0 Å². The molecule has 1 heterocycles. The van der Waals surface area contributed by atoms with Crippen molar-refractivity contribution in [2.24, 2.45) is 0 Å². The van der Waals surface area contributed by atoms with Crippen LogP contribution in [-0.4, -0.2) is 55.6 Å². The van der Waals surface area contributed by atoms with E-state index >= 15 is 0 Å². The van der Waals surface area contributed by atoms with E-state index in [0.717, 1.165) is 44.7 Å². The van der Waals surface area contributed by atoms with Gasteiger partial charge in [0.1, 0.15) is 6.04 Å². The molecular weight excluding hydrogens is 284 g/mol. The lowest BCUT2D eigenvalue weighted by Gasteiger charge is -2.41. The summed E-state index contributed by atoms with van der Waals surface area (Å²) < 4.78 is 0. The SMILES string of the molecule is CCC1CN(C(C#N)c2ccc(N(CC)CC)cc2)CCN1C. The van der Waals surface area contributed by atoms with Gasteiger partial charge < -0.3 is 9.80 Å². The van der Waals surface area contributed by atoms with Gasteiger partial charge in [-0.15, -0.1) is 0 Å². The molecule has 0 saturated carbocycles. The first-order valence-corrected chi connectivity index (χ1v) is 8.83. The molecule has 0 bridgehead atoms. The summed E-state index contributed by atoms with van der Waals surface area (Å²) in [6.07, 6.45) is 1.13. The van der Waals surface area contributed by atoms with Crippen LogP contribution in [-0.2, 0) is 0 Å². The summed E-state index contributed by atoms with van der Waals surface area (Å²) in [6.45, 7) is 11.6. The van der Waals surface area contributed by atoms with Crippen molar-refractivity contribution in [3.63, 3.8) is 0 Å². The van der Waals surface area contributed by atoms with E-state index in [0.29, 0.717) is 6.04 Å². The van der Waals surface area contributed by atoms with Gasteiger partial charge in [0.05, 0.1) is 6.07 Å². The first-order valence-electron chi connectivity index (χ1n) is 8.83. The molecule has 1 aliphatic rings. The summed E-state index contributed by atoms with van der Waals surface area (Å²) in [7, 11) is 2.19. The maximum atomic E-state index is 9.71. The number of nitriles is 1. The number of benzene rings is 1. The zero-order valence-electron chi connectivity index (χ0n) is 15.0. The minimum Gasteiger partial charge on any atom is -0.372 e. The minimum absolute atomic E-state index is 0.136. The lowest BCUT2D eigenvalue weighted by molar-refractivity contribution is 0.0773. The van der Waals surface area contributed by atoms with Gasteiger partial charge in [-0.05, 0) is 45.0 Å². The fraction of sp³-hybridized carbons (Fsp3) is 0.632. The highest BCUT2D eigenvalue weighted by Crippen LogP contribution is 2.26. The molecule has 1 aromatic carbocycles. The van der Waals surface area contributed by atoms with Crippen LogP contribution in [0, 0.1) is 11.3 Å². The number of likely N-dealkylation sites (N-methyl/N-ethyl adjacent to an activating group) is 1. The second-order valence-electron chi connectivity index (χ2n) is 6.33. The predicted molar refractivity (Wildman–Crippen MR) is 96.6 cm³/mol. The number of rotatable bonds is 6. The molecule has 126 valence electrons. The van der Waals surface area contributed by atoms with E-state index in [4.69, 9.17) is 0 Å². The molecule has 0 spiro atoms. The Labute approximate surface area is 141 Å². The van der Waals surface area contributed by atoms with Crippen LogP contribution < -0.4 is 4.90 Å². The standard InChI is InChI=1S/C19H30N4/c1-5-17-15-23(13-12-21(17)4)19(14-20)16-8-10-18(11-9-16)22(6-2)7-3/h8-11,17,19H,5-7,12-13,15H2,1-4H3. The third-order valence-corrected chi connectivity index (χ3v) is 5.10. The Hall–Kier alpha value is -1.57. The molecular formula is C19H30N4. The largest absolute Gasteiger partial charge is 0.372 e. The molecule has 23 heavy (non-hydrogen) atoms. The zero-order chi connectivity index (χ0) is 16.8. The molecule has 0 aromatic heterocycles. The summed E-state index contributed by atoms with van der Waals surface area (Å²) >= 11 is 0. The molecule has 1 fully saturated rings. The highest BCUT2D eigenvalue weighted by atomic mass is 15.3. The number of hydrogen-bond acceptors (Lipinski definition) is 4. The number of piperazine rings is 1. The lowest BCUT2D eigenvalue weighted by atomic mass is 10.0. The van der Waals surface area contributed by atoms with Crippen LogP contribution in [0.15, 0.2) is 24.3 Å². The molecule has 0 aliphatic carbocycles. The van der Waals surface area contributed by atoms with Crippen LogP contribution in [0.4, 0.5) is 5.69 Å². The molecule has 2 atom stereocenters. The normalized spacial score (nSPS) is 20.9. The zero-order valence-corrected chi connectivity index (χ0v) is 15.0. The molecule has 1 aliphatic heterocycles. The molecule has 1 saturated heterocycles. The Balaban J connectivity index is 2.13. The molecule has 0 radical (unpaired) electrons. The van der Waals surface area contributed by atoms with Crippen LogP contribution in [0.3, 0.4) is 0 Å². The van der Waals surface area contributed by atoms with Crippen LogP contribution >= 0.6 is 0 Å². The van der Waals surface area contributed by atoms with Crippen molar-refractivity contribution >= 4 is 5.69 Å². The van der Waals surface area contributed by atoms with E-state index in [1.807, 2.05) is 0 Å².